The minimum Gasteiger partial charge on any atom is -0.461 e. The topological polar surface area (TPSA) is 137 Å². The average molecular weight is 612 g/mol. The summed E-state index contributed by atoms with van der Waals surface area (Å²) < 4.78 is 30.3. The van der Waals surface area contributed by atoms with E-state index in [4.69, 9.17) is 9.47 Å². The average Bonchev–Trinajstić information content (AvgIpc) is 3.54. The molecule has 0 saturated heterocycles. The molecule has 0 radical (unpaired) electrons. The second-order valence-electron chi connectivity index (χ2n) is 11.2. The Bertz CT molecular complexity index is 2000. The van der Waals surface area contributed by atoms with Crippen LogP contribution in [0.3, 0.4) is 0 Å². The van der Waals surface area contributed by atoms with Crippen LogP contribution < -0.4 is 0 Å². The fourth-order valence-corrected chi connectivity index (χ4v) is 5.48. The molecule has 0 bridgehead atoms. The number of carbonyl (C=O) groups excluding carboxylic acids is 2. The van der Waals surface area contributed by atoms with Crippen LogP contribution in [0.1, 0.15) is 101 Å². The van der Waals surface area contributed by atoms with Gasteiger partial charge >= 0.3 is 11.9 Å². The summed E-state index contributed by atoms with van der Waals surface area (Å²) in [5, 5.41) is 19.3. The Hall–Kier alpha value is -5.18. The molecule has 1 aromatic carbocycles. The molecule has 45 heavy (non-hydrogen) atoms. The molecule has 0 saturated carbocycles. The predicted molar refractivity (Wildman–Crippen MR) is 164 cm³/mol. The molecule has 0 aliphatic heterocycles. The highest BCUT2D eigenvalue weighted by Gasteiger charge is 2.27. The third-order valence-corrected chi connectivity index (χ3v) is 7.55. The molecule has 0 N–H and O–H groups in total. The van der Waals surface area contributed by atoms with Crippen molar-refractivity contribution < 1.29 is 23.5 Å². The van der Waals surface area contributed by atoms with Crippen molar-refractivity contribution in [2.75, 3.05) is 13.2 Å². The second-order valence-corrected chi connectivity index (χ2v) is 11.2. The van der Waals surface area contributed by atoms with Gasteiger partial charge < -0.3 is 9.47 Å². The number of halogens is 1. The van der Waals surface area contributed by atoms with Gasteiger partial charge in [0.05, 0.1) is 41.8 Å². The summed E-state index contributed by atoms with van der Waals surface area (Å²) in [5.74, 6) is -2.13. The van der Waals surface area contributed by atoms with Crippen LogP contribution in [0, 0.1) is 31.0 Å². The van der Waals surface area contributed by atoms with E-state index in [1.807, 2.05) is 27.7 Å². The van der Waals surface area contributed by atoms with E-state index < -0.39 is 17.8 Å². The molecule has 0 amide bonds. The highest BCUT2D eigenvalue weighted by molar-refractivity contribution is 5.91. The van der Waals surface area contributed by atoms with E-state index in [0.717, 1.165) is 0 Å². The van der Waals surface area contributed by atoms with E-state index in [1.165, 1.54) is 0 Å². The number of benzene rings is 1. The van der Waals surface area contributed by atoms with Gasteiger partial charge in [0.2, 0.25) is 0 Å². The molecule has 232 valence electrons. The molecule has 1 unspecified atom stereocenters. The zero-order valence-electron chi connectivity index (χ0n) is 26.3. The molecule has 5 aromatic rings. The highest BCUT2D eigenvalue weighted by Crippen LogP contribution is 2.36. The first kappa shape index (κ1) is 31.3. The lowest BCUT2D eigenvalue weighted by Crippen LogP contribution is -2.14. The number of nitriles is 1. The highest BCUT2D eigenvalue weighted by atomic mass is 19.1. The molecule has 11 nitrogen and oxygen atoms in total. The van der Waals surface area contributed by atoms with E-state index in [9.17, 15) is 14.9 Å². The minimum absolute atomic E-state index is 0.0501. The van der Waals surface area contributed by atoms with E-state index in [0.29, 0.717) is 39.5 Å². The summed E-state index contributed by atoms with van der Waals surface area (Å²) in [4.78, 5) is 34.3. The van der Waals surface area contributed by atoms with Crippen LogP contribution in [0.5, 0.6) is 0 Å². The van der Waals surface area contributed by atoms with Crippen LogP contribution in [-0.2, 0) is 15.9 Å². The quantitative estimate of drug-likeness (QED) is 0.187. The van der Waals surface area contributed by atoms with Gasteiger partial charge in [-0.1, -0.05) is 26.8 Å². The van der Waals surface area contributed by atoms with Crippen LogP contribution >= 0.6 is 0 Å². The number of aryl methyl sites for hydroxylation is 2. The molecule has 1 atom stereocenters. The Kier molecular flexibility index (Phi) is 8.64. The van der Waals surface area contributed by atoms with Crippen molar-refractivity contribution in [3.05, 3.63) is 81.4 Å². The molecule has 4 aromatic heterocycles. The van der Waals surface area contributed by atoms with Crippen LogP contribution in [0.4, 0.5) is 4.39 Å². The van der Waals surface area contributed by atoms with E-state index >= 15 is 4.39 Å². The van der Waals surface area contributed by atoms with Crippen molar-refractivity contribution in [2.45, 2.75) is 66.7 Å². The number of aromatic nitrogens is 6. The van der Waals surface area contributed by atoms with Gasteiger partial charge in [-0.3, -0.25) is 0 Å². The molecule has 0 fully saturated rings. The normalized spacial score (nSPS) is 12.1. The lowest BCUT2D eigenvalue weighted by molar-refractivity contribution is 0.0510. The van der Waals surface area contributed by atoms with Crippen LogP contribution in [0.2, 0.25) is 0 Å². The summed E-state index contributed by atoms with van der Waals surface area (Å²) >= 11 is 0. The van der Waals surface area contributed by atoms with Crippen LogP contribution in [0.25, 0.3) is 22.4 Å². The molecule has 0 aliphatic rings. The molecular formula is C33H34FN7O4. The van der Waals surface area contributed by atoms with Crippen molar-refractivity contribution in [3.63, 3.8) is 0 Å². The van der Waals surface area contributed by atoms with E-state index in [1.54, 1.807) is 60.1 Å². The zero-order chi connectivity index (χ0) is 32.6. The Morgan fingerprint density at radius 1 is 0.911 bits per heavy atom. The predicted octanol–water partition coefficient (Wildman–Crippen LogP) is 5.89. The lowest BCUT2D eigenvalue weighted by atomic mass is 9.91. The van der Waals surface area contributed by atoms with Gasteiger partial charge in [0, 0.05) is 28.9 Å². The van der Waals surface area contributed by atoms with Gasteiger partial charge in [-0.15, -0.1) is 0 Å². The largest absolute Gasteiger partial charge is 0.461 e. The van der Waals surface area contributed by atoms with Gasteiger partial charge in [0.15, 0.2) is 22.7 Å². The Balaban J connectivity index is 1.66. The van der Waals surface area contributed by atoms with Gasteiger partial charge in [-0.05, 0) is 63.8 Å². The Morgan fingerprint density at radius 3 is 2.18 bits per heavy atom. The Morgan fingerprint density at radius 2 is 1.56 bits per heavy atom. The number of rotatable bonds is 9. The summed E-state index contributed by atoms with van der Waals surface area (Å²) in [5.41, 5.74) is 4.27. The summed E-state index contributed by atoms with van der Waals surface area (Å²) in [6.07, 6.45) is 0.210. The molecule has 5 rings (SSSR count). The fraction of sp³-hybridized carbons (Fsp3) is 0.364. The number of nitrogens with zero attached hydrogens (tertiary/aromatic N) is 7. The molecule has 0 aliphatic carbocycles. The lowest BCUT2D eigenvalue weighted by Gasteiger charge is -2.17. The second kappa shape index (κ2) is 12.4. The first-order valence-corrected chi connectivity index (χ1v) is 14.8. The number of ether oxygens (including phenoxy) is 2. The van der Waals surface area contributed by atoms with Crippen LogP contribution in [-0.4, -0.2) is 54.3 Å². The zero-order valence-corrected chi connectivity index (χ0v) is 26.3. The number of carbonyl (C=O) groups is 2. The maximum absolute atomic E-state index is 16.7. The standard InChI is InChI=1S/C33H34FN7O4/c1-8-44-32(42)23-15-26(40-27(36-23)13-19(6)38-40)18(5)12-21-10-11-22(16-35)29(30(21)34)28-20(7)39-41-25(17(3)4)14-24(37-31(28)41)33(43)45-9-2/h10-11,13-15,17-18H,8-9,12H2,1-7H3. The fourth-order valence-electron chi connectivity index (χ4n) is 5.48. The monoisotopic (exact) mass is 611 g/mol. The minimum atomic E-state index is -0.602. The maximum atomic E-state index is 16.7. The third kappa shape index (κ3) is 5.73. The molecular weight excluding hydrogens is 577 g/mol. The number of hydrogen-bond acceptors (Lipinski definition) is 9. The summed E-state index contributed by atoms with van der Waals surface area (Å²) in [7, 11) is 0. The summed E-state index contributed by atoms with van der Waals surface area (Å²) in [6.45, 7) is 13.1. The number of esters is 2. The van der Waals surface area contributed by atoms with Crippen molar-refractivity contribution >= 4 is 23.2 Å². The first-order valence-electron chi connectivity index (χ1n) is 14.8. The molecule has 4 heterocycles. The van der Waals surface area contributed by atoms with Gasteiger partial charge in [0.1, 0.15) is 5.82 Å². The van der Waals surface area contributed by atoms with Crippen LogP contribution in [0.15, 0.2) is 30.3 Å². The SMILES string of the molecule is CCOC(=O)c1cc(C(C)Cc2ccc(C#N)c(-c3c(C)nn4c(C(C)C)cc(C(=O)OCC)nc34)c2F)n2nc(C)cc2n1. The van der Waals surface area contributed by atoms with Crippen molar-refractivity contribution in [1.82, 2.24) is 29.2 Å². The van der Waals surface area contributed by atoms with Crippen molar-refractivity contribution in [3.8, 4) is 17.2 Å². The van der Waals surface area contributed by atoms with Gasteiger partial charge in [0.25, 0.3) is 0 Å². The van der Waals surface area contributed by atoms with Gasteiger partial charge in [-0.25, -0.2) is 33.0 Å². The third-order valence-electron chi connectivity index (χ3n) is 7.55. The summed E-state index contributed by atoms with van der Waals surface area (Å²) in [6, 6.07) is 10.3. The Labute approximate surface area is 259 Å². The first-order chi connectivity index (χ1) is 21.5. The molecule has 0 spiro atoms. The van der Waals surface area contributed by atoms with Crippen molar-refractivity contribution in [1.29, 1.82) is 5.26 Å². The van der Waals surface area contributed by atoms with E-state index in [-0.39, 0.29) is 59.6 Å². The van der Waals surface area contributed by atoms with Gasteiger partial charge in [-0.2, -0.15) is 15.5 Å². The maximum Gasteiger partial charge on any atom is 0.357 e. The van der Waals surface area contributed by atoms with E-state index in [2.05, 4.69) is 26.2 Å². The molecule has 12 heteroatoms. The van der Waals surface area contributed by atoms with Crippen molar-refractivity contribution in [2.24, 2.45) is 0 Å². The number of hydrogen-bond donors (Lipinski definition) is 0. The smallest absolute Gasteiger partial charge is 0.357 e. The number of fused-ring (bicyclic) bond motifs is 2.